The van der Waals surface area contributed by atoms with Gasteiger partial charge in [0.2, 0.25) is 0 Å². The highest BCUT2D eigenvalue weighted by Crippen LogP contribution is 2.37. The quantitative estimate of drug-likeness (QED) is 0.278. The van der Waals surface area contributed by atoms with E-state index in [-0.39, 0.29) is 11.1 Å². The lowest BCUT2D eigenvalue weighted by Gasteiger charge is -2.48. The Bertz CT molecular complexity index is 1090. The smallest absolute Gasteiger partial charge is 0.352 e. The minimum absolute atomic E-state index is 0.208. The molecular weight excluding hydrogens is 468 g/mol. The largest absolute Gasteiger partial charge is 0.477 e. The number of nitrogens with zero attached hydrogens (tertiary/aromatic N) is 1. The number of carbonyl (C=O) groups excluding carboxylic acids is 3. The maximum absolute atomic E-state index is 12.6. The number of amides is 2. The van der Waals surface area contributed by atoms with Gasteiger partial charge in [-0.3, -0.25) is 19.3 Å². The third kappa shape index (κ3) is 5.61. The molecular formula is C21H26N4O8S. The highest BCUT2D eigenvalue weighted by molar-refractivity contribution is 7.92. The number of nitrogens with one attached hydrogen (secondary N) is 3. The summed E-state index contributed by atoms with van der Waals surface area (Å²) >= 11 is 0. The van der Waals surface area contributed by atoms with Crippen LogP contribution in [0.2, 0.25) is 0 Å². The summed E-state index contributed by atoms with van der Waals surface area (Å²) in [6.45, 7) is 5.08. The minimum Gasteiger partial charge on any atom is -0.477 e. The first-order chi connectivity index (χ1) is 16.1. The molecule has 1 aromatic rings. The molecule has 12 nitrogen and oxygen atoms in total. The van der Waals surface area contributed by atoms with E-state index in [1.54, 1.807) is 18.2 Å². The summed E-state index contributed by atoms with van der Waals surface area (Å²) in [4.78, 5) is 48.0. The highest BCUT2D eigenvalue weighted by atomic mass is 32.2. The van der Waals surface area contributed by atoms with Crippen LogP contribution in [0.4, 0.5) is 0 Å². The first-order valence-electron chi connectivity index (χ1n) is 10.5. The van der Waals surface area contributed by atoms with E-state index in [0.29, 0.717) is 4.90 Å². The molecule has 2 saturated heterocycles. The molecule has 0 radical (unpaired) electrons. The van der Waals surface area contributed by atoms with Crippen molar-refractivity contribution in [3.8, 4) is 0 Å². The summed E-state index contributed by atoms with van der Waals surface area (Å²) in [5, 5.41) is 16.7. The van der Waals surface area contributed by atoms with Crippen LogP contribution in [0.25, 0.3) is 0 Å². The maximum atomic E-state index is 12.6. The van der Waals surface area contributed by atoms with Gasteiger partial charge < -0.3 is 25.8 Å². The van der Waals surface area contributed by atoms with Crippen LogP contribution in [0, 0.1) is 0 Å². The van der Waals surface area contributed by atoms with Gasteiger partial charge in [-0.05, 0) is 12.1 Å². The Balaban J connectivity index is 0.000000469. The van der Waals surface area contributed by atoms with E-state index in [1.165, 1.54) is 12.1 Å². The fourth-order valence-electron chi connectivity index (χ4n) is 3.74. The second kappa shape index (κ2) is 10.8. The van der Waals surface area contributed by atoms with Crippen LogP contribution < -0.4 is 16.0 Å². The predicted molar refractivity (Wildman–Crippen MR) is 119 cm³/mol. The van der Waals surface area contributed by atoms with E-state index in [9.17, 15) is 32.7 Å². The van der Waals surface area contributed by atoms with Crippen LogP contribution in [0.5, 0.6) is 0 Å². The zero-order chi connectivity index (χ0) is 24.9. The number of esters is 1. The molecule has 0 aromatic heterocycles. The Hall–Kier alpha value is -3.29. The molecule has 0 bridgehead atoms. The van der Waals surface area contributed by atoms with Gasteiger partial charge >= 0.3 is 11.9 Å². The van der Waals surface area contributed by atoms with Crippen LogP contribution >= 0.6 is 0 Å². The fourth-order valence-corrected chi connectivity index (χ4v) is 5.75. The summed E-state index contributed by atoms with van der Waals surface area (Å²) < 4.78 is 30.0. The van der Waals surface area contributed by atoms with Crippen LogP contribution in [-0.2, 0) is 29.0 Å². The molecule has 0 aliphatic carbocycles. The number of carboxylic acids is 1. The van der Waals surface area contributed by atoms with Crippen molar-refractivity contribution in [1.29, 1.82) is 0 Å². The number of piperazine rings is 1. The van der Waals surface area contributed by atoms with Gasteiger partial charge in [0.15, 0.2) is 15.2 Å². The number of fused-ring (bicyclic) bond motifs is 1. The van der Waals surface area contributed by atoms with Gasteiger partial charge in [-0.15, -0.1) is 0 Å². The normalized spacial score (nSPS) is 23.0. The van der Waals surface area contributed by atoms with E-state index in [0.717, 1.165) is 33.1 Å². The van der Waals surface area contributed by atoms with Gasteiger partial charge in [0.1, 0.15) is 18.3 Å². The number of carbonyl (C=O) groups is 4. The van der Waals surface area contributed by atoms with Crippen molar-refractivity contribution >= 4 is 33.6 Å². The molecule has 0 spiro atoms. The average molecular weight is 495 g/mol. The number of sulfone groups is 1. The van der Waals surface area contributed by atoms with Crippen molar-refractivity contribution in [3.63, 3.8) is 0 Å². The second-order valence-corrected chi connectivity index (χ2v) is 9.86. The number of rotatable bonds is 5. The molecule has 0 unspecified atom stereocenters. The molecule has 2 fully saturated rings. The Morgan fingerprint density at radius 1 is 1.12 bits per heavy atom. The first kappa shape index (κ1) is 25.3. The van der Waals surface area contributed by atoms with Crippen LogP contribution in [-0.4, -0.2) is 92.1 Å². The highest BCUT2D eigenvalue weighted by Gasteiger charge is 2.60. The molecule has 2 amide bonds. The lowest BCUT2D eigenvalue weighted by molar-refractivity contribution is -0.149. The molecule has 0 saturated carbocycles. The second-order valence-electron chi connectivity index (χ2n) is 7.76. The lowest BCUT2D eigenvalue weighted by Crippen LogP contribution is -2.74. The first-order valence-corrected chi connectivity index (χ1v) is 12.3. The summed E-state index contributed by atoms with van der Waals surface area (Å²) in [7, 11) is -4.02. The summed E-state index contributed by atoms with van der Waals surface area (Å²) in [5.74, 6) is -4.47. The molecule has 1 aromatic carbocycles. The number of benzene rings is 1. The molecule has 4 N–H and O–H groups in total. The SMILES string of the molecule is C1CNCCN1.CC(=O)OCC1=C(C(=O)O)N2C(=O)[C@H](NC(=O)c3ccccc3)[C@@H]2S(=O)(=O)C1. The molecule has 34 heavy (non-hydrogen) atoms. The molecule has 184 valence electrons. The number of aliphatic carboxylic acids is 1. The van der Waals surface area contributed by atoms with Crippen LogP contribution in [0.3, 0.4) is 0 Å². The van der Waals surface area contributed by atoms with Crippen molar-refractivity contribution in [2.45, 2.75) is 18.3 Å². The minimum atomic E-state index is -4.02. The van der Waals surface area contributed by atoms with Crippen molar-refractivity contribution in [3.05, 3.63) is 47.2 Å². The number of carboxylic acid groups (broad SMARTS) is 1. The standard InChI is InChI=1S/C17H16N2O8S.C4H10N2/c1-9(20)27-7-11-8-28(25,26)16-12(15(22)19(16)13(11)17(23)24)18-14(21)10-5-3-2-4-6-10;1-2-6-4-3-5-1/h2-6,12,16H,7-8H2,1H3,(H,18,21)(H,23,24);5-6H,1-4H2/t12-,16-;/m0./s1. The molecule has 13 heteroatoms. The van der Waals surface area contributed by atoms with Crippen LogP contribution in [0.1, 0.15) is 17.3 Å². The number of hydrogen-bond acceptors (Lipinski definition) is 9. The summed E-state index contributed by atoms with van der Waals surface area (Å²) in [5.41, 5.74) is -0.525. The lowest BCUT2D eigenvalue weighted by atomic mass is 10.0. The van der Waals surface area contributed by atoms with Gasteiger partial charge in [0.05, 0.1) is 5.75 Å². The van der Waals surface area contributed by atoms with E-state index < -0.39 is 63.1 Å². The van der Waals surface area contributed by atoms with E-state index in [4.69, 9.17) is 4.74 Å². The van der Waals surface area contributed by atoms with Crippen molar-refractivity contribution < 1.29 is 37.4 Å². The molecule has 2 atom stereocenters. The fraction of sp³-hybridized carbons (Fsp3) is 0.429. The van der Waals surface area contributed by atoms with Gasteiger partial charge in [0.25, 0.3) is 11.8 Å². The number of hydrogen-bond donors (Lipinski definition) is 4. The molecule has 4 rings (SSSR count). The zero-order valence-corrected chi connectivity index (χ0v) is 19.3. The topological polar surface area (TPSA) is 171 Å². The molecule has 3 heterocycles. The monoisotopic (exact) mass is 494 g/mol. The van der Waals surface area contributed by atoms with E-state index in [2.05, 4.69) is 16.0 Å². The third-order valence-electron chi connectivity index (χ3n) is 5.29. The van der Waals surface area contributed by atoms with Crippen LogP contribution in [0.15, 0.2) is 41.6 Å². The zero-order valence-electron chi connectivity index (χ0n) is 18.4. The predicted octanol–water partition coefficient (Wildman–Crippen LogP) is -1.54. The summed E-state index contributed by atoms with van der Waals surface area (Å²) in [6, 6.07) is 6.48. The van der Waals surface area contributed by atoms with Gasteiger partial charge in [-0.1, -0.05) is 18.2 Å². The Morgan fingerprint density at radius 2 is 1.71 bits per heavy atom. The van der Waals surface area contributed by atoms with Crippen molar-refractivity contribution in [2.75, 3.05) is 38.5 Å². The third-order valence-corrected chi connectivity index (χ3v) is 7.26. The Kier molecular flexibility index (Phi) is 8.02. The van der Waals surface area contributed by atoms with E-state index >= 15 is 0 Å². The summed E-state index contributed by atoms with van der Waals surface area (Å²) in [6.07, 6.45) is 0. The Labute approximate surface area is 196 Å². The van der Waals surface area contributed by atoms with Crippen molar-refractivity contribution in [1.82, 2.24) is 20.9 Å². The van der Waals surface area contributed by atoms with Gasteiger partial charge in [0, 0.05) is 44.2 Å². The number of β-lactam (4-membered cyclic amide) rings is 1. The van der Waals surface area contributed by atoms with E-state index in [1.807, 2.05) is 0 Å². The average Bonchev–Trinajstić information content (AvgIpc) is 2.82. The Morgan fingerprint density at radius 3 is 2.21 bits per heavy atom. The van der Waals surface area contributed by atoms with Crippen molar-refractivity contribution in [2.24, 2.45) is 0 Å². The number of ether oxygens (including phenoxy) is 1. The molecule has 3 aliphatic heterocycles. The molecule has 3 aliphatic rings. The van der Waals surface area contributed by atoms with Gasteiger partial charge in [-0.25, -0.2) is 13.2 Å². The maximum Gasteiger partial charge on any atom is 0.352 e. The van der Waals surface area contributed by atoms with Gasteiger partial charge in [-0.2, -0.15) is 0 Å².